The number of nitrogens with one attached hydrogen (secondary N) is 3. The minimum absolute atomic E-state index is 0.0577. The highest BCUT2D eigenvalue weighted by Crippen LogP contribution is 2.27. The molecule has 0 atom stereocenters. The summed E-state index contributed by atoms with van der Waals surface area (Å²) < 4.78 is 10.3. The number of rotatable bonds is 7. The quantitative estimate of drug-likeness (QED) is 0.541. The highest BCUT2D eigenvalue weighted by Gasteiger charge is 2.26. The molecule has 0 spiro atoms. The molecule has 3 N–H and O–H groups in total. The van der Waals surface area contributed by atoms with E-state index in [-0.39, 0.29) is 24.3 Å². The molecule has 0 radical (unpaired) electrons. The van der Waals surface area contributed by atoms with E-state index in [9.17, 15) is 14.4 Å². The summed E-state index contributed by atoms with van der Waals surface area (Å²) in [5.41, 5.74) is 6.18. The maximum atomic E-state index is 12.5. The Labute approximate surface area is 192 Å². The van der Waals surface area contributed by atoms with Crippen molar-refractivity contribution in [3.8, 4) is 11.5 Å². The van der Waals surface area contributed by atoms with E-state index in [1.54, 1.807) is 24.4 Å². The second-order valence-electron chi connectivity index (χ2n) is 7.83. The van der Waals surface area contributed by atoms with E-state index in [0.717, 1.165) is 5.56 Å². The fraction of sp³-hybridized carbons (Fsp3) is 0.391. The molecule has 0 bridgehead atoms. The molecule has 1 aromatic carbocycles. The van der Waals surface area contributed by atoms with Gasteiger partial charge in [0.25, 0.3) is 11.8 Å². The summed E-state index contributed by atoms with van der Waals surface area (Å²) in [5.74, 6) is 0.472. The van der Waals surface area contributed by atoms with Crippen molar-refractivity contribution >= 4 is 23.5 Å². The van der Waals surface area contributed by atoms with E-state index >= 15 is 0 Å². The van der Waals surface area contributed by atoms with Gasteiger partial charge in [0, 0.05) is 17.7 Å². The lowest BCUT2D eigenvalue weighted by atomic mass is 9.96. The minimum atomic E-state index is -0.468. The number of ether oxygens (including phenoxy) is 2. The van der Waals surface area contributed by atoms with Crippen LogP contribution in [-0.2, 0) is 9.59 Å². The molecule has 1 aliphatic rings. The van der Waals surface area contributed by atoms with Crippen LogP contribution in [0.3, 0.4) is 0 Å². The Morgan fingerprint density at radius 3 is 2.39 bits per heavy atom. The number of aryl methyl sites for hydroxylation is 1. The van der Waals surface area contributed by atoms with Gasteiger partial charge in [0.15, 0.2) is 11.5 Å². The van der Waals surface area contributed by atoms with Crippen molar-refractivity contribution in [3.63, 3.8) is 0 Å². The van der Waals surface area contributed by atoms with Gasteiger partial charge in [0.2, 0.25) is 5.91 Å². The first-order valence-corrected chi connectivity index (χ1v) is 10.7. The standard InChI is InChI=1S/C23H29N5O5/c1-15-4-7-20(24-13-15)25-22(30)16-8-10-28(11-9-16)14-21(29)26-27-23(31)17-5-6-18(32-2)19(12-17)33-3/h4-7,12-13,16H,8-11,14H2,1-3H3,(H,26,29)(H,27,31)(H,24,25,30). The molecular formula is C23H29N5O5. The van der Waals surface area contributed by atoms with Crippen LogP contribution in [0.1, 0.15) is 28.8 Å². The Balaban J connectivity index is 1.40. The number of piperidine rings is 1. The van der Waals surface area contributed by atoms with Gasteiger partial charge in [-0.3, -0.25) is 30.1 Å². The topological polar surface area (TPSA) is 122 Å². The van der Waals surface area contributed by atoms with Crippen LogP contribution in [0.4, 0.5) is 5.82 Å². The molecule has 3 amide bonds. The van der Waals surface area contributed by atoms with Crippen LogP contribution in [0.2, 0.25) is 0 Å². The number of benzene rings is 1. The first-order chi connectivity index (χ1) is 15.9. The van der Waals surface area contributed by atoms with Crippen molar-refractivity contribution in [1.29, 1.82) is 0 Å². The van der Waals surface area contributed by atoms with E-state index in [0.29, 0.717) is 48.8 Å². The minimum Gasteiger partial charge on any atom is -0.493 e. The predicted molar refractivity (Wildman–Crippen MR) is 122 cm³/mol. The Kier molecular flexibility index (Phi) is 8.20. The summed E-state index contributed by atoms with van der Waals surface area (Å²) in [4.78, 5) is 43.2. The molecule has 1 saturated heterocycles. The van der Waals surface area contributed by atoms with E-state index in [2.05, 4.69) is 21.2 Å². The molecule has 10 heteroatoms. The van der Waals surface area contributed by atoms with E-state index in [4.69, 9.17) is 9.47 Å². The molecule has 0 unspecified atom stereocenters. The maximum Gasteiger partial charge on any atom is 0.269 e. The number of nitrogens with zero attached hydrogens (tertiary/aromatic N) is 2. The SMILES string of the molecule is COc1ccc(C(=O)NNC(=O)CN2CCC(C(=O)Nc3ccc(C)cn3)CC2)cc1OC. The number of carbonyl (C=O) groups excluding carboxylic acids is 3. The summed E-state index contributed by atoms with van der Waals surface area (Å²) in [5, 5.41) is 2.85. The van der Waals surface area contributed by atoms with Crippen molar-refractivity contribution in [3.05, 3.63) is 47.7 Å². The zero-order chi connectivity index (χ0) is 23.8. The number of hydrogen-bond acceptors (Lipinski definition) is 7. The first kappa shape index (κ1) is 24.0. The van der Waals surface area contributed by atoms with Crippen LogP contribution in [0, 0.1) is 12.8 Å². The summed E-state index contributed by atoms with van der Waals surface area (Å²) in [6, 6.07) is 8.40. The van der Waals surface area contributed by atoms with Crippen molar-refractivity contribution < 1.29 is 23.9 Å². The number of carbonyl (C=O) groups is 3. The fourth-order valence-electron chi connectivity index (χ4n) is 3.54. The van der Waals surface area contributed by atoms with Crippen molar-refractivity contribution in [2.45, 2.75) is 19.8 Å². The summed E-state index contributed by atoms with van der Waals surface area (Å²) >= 11 is 0. The molecule has 1 aliphatic heterocycles. The van der Waals surface area contributed by atoms with Crippen LogP contribution in [0.5, 0.6) is 11.5 Å². The van der Waals surface area contributed by atoms with Gasteiger partial charge in [0.1, 0.15) is 5.82 Å². The van der Waals surface area contributed by atoms with Gasteiger partial charge in [-0.15, -0.1) is 0 Å². The van der Waals surface area contributed by atoms with Crippen molar-refractivity contribution in [2.75, 3.05) is 39.2 Å². The lowest BCUT2D eigenvalue weighted by Gasteiger charge is -2.30. The van der Waals surface area contributed by atoms with Gasteiger partial charge in [-0.25, -0.2) is 4.98 Å². The van der Waals surface area contributed by atoms with Gasteiger partial charge in [-0.1, -0.05) is 6.07 Å². The average molecular weight is 456 g/mol. The van der Waals surface area contributed by atoms with Crippen molar-refractivity contribution in [1.82, 2.24) is 20.7 Å². The molecule has 2 aromatic rings. The number of anilines is 1. The predicted octanol–water partition coefficient (Wildman–Crippen LogP) is 1.52. The molecular weight excluding hydrogens is 426 g/mol. The third-order valence-corrected chi connectivity index (χ3v) is 5.45. The lowest BCUT2D eigenvalue weighted by Crippen LogP contribution is -2.48. The smallest absolute Gasteiger partial charge is 0.269 e. The molecule has 1 fully saturated rings. The zero-order valence-electron chi connectivity index (χ0n) is 19.0. The van der Waals surface area contributed by atoms with Crippen LogP contribution in [0.25, 0.3) is 0 Å². The number of hydrazine groups is 1. The second kappa shape index (κ2) is 11.3. The van der Waals surface area contributed by atoms with Crippen LogP contribution < -0.4 is 25.6 Å². The number of methoxy groups -OCH3 is 2. The summed E-state index contributed by atoms with van der Waals surface area (Å²) in [7, 11) is 2.99. The molecule has 10 nitrogen and oxygen atoms in total. The number of hydrogen-bond donors (Lipinski definition) is 3. The average Bonchev–Trinajstić information content (AvgIpc) is 2.83. The van der Waals surface area contributed by atoms with E-state index in [1.165, 1.54) is 20.3 Å². The third-order valence-electron chi connectivity index (χ3n) is 5.45. The number of amides is 3. The molecule has 1 aromatic heterocycles. The first-order valence-electron chi connectivity index (χ1n) is 10.7. The Morgan fingerprint density at radius 1 is 1.03 bits per heavy atom. The summed E-state index contributed by atoms with van der Waals surface area (Å²) in [6.45, 7) is 3.28. The Morgan fingerprint density at radius 2 is 1.76 bits per heavy atom. The van der Waals surface area contributed by atoms with Gasteiger partial charge in [0.05, 0.1) is 20.8 Å². The van der Waals surface area contributed by atoms with Crippen molar-refractivity contribution in [2.24, 2.45) is 5.92 Å². The molecule has 0 saturated carbocycles. The zero-order valence-corrected chi connectivity index (χ0v) is 19.0. The molecule has 0 aliphatic carbocycles. The largest absolute Gasteiger partial charge is 0.493 e. The van der Waals surface area contributed by atoms with E-state index in [1.807, 2.05) is 17.9 Å². The van der Waals surface area contributed by atoms with Gasteiger partial charge < -0.3 is 14.8 Å². The van der Waals surface area contributed by atoms with Crippen LogP contribution in [-0.4, -0.2) is 61.5 Å². The highest BCUT2D eigenvalue weighted by molar-refractivity contribution is 5.96. The number of pyridine rings is 1. The molecule has 2 heterocycles. The lowest BCUT2D eigenvalue weighted by molar-refractivity contribution is -0.124. The third kappa shape index (κ3) is 6.66. The van der Waals surface area contributed by atoms with Crippen LogP contribution in [0.15, 0.2) is 36.5 Å². The van der Waals surface area contributed by atoms with Gasteiger partial charge >= 0.3 is 0 Å². The fourth-order valence-corrected chi connectivity index (χ4v) is 3.54. The summed E-state index contributed by atoms with van der Waals surface area (Å²) in [6.07, 6.45) is 2.99. The highest BCUT2D eigenvalue weighted by atomic mass is 16.5. The normalized spacial score (nSPS) is 14.3. The number of aromatic nitrogens is 1. The maximum absolute atomic E-state index is 12.5. The second-order valence-corrected chi connectivity index (χ2v) is 7.83. The molecule has 3 rings (SSSR count). The Hall–Kier alpha value is -3.66. The van der Waals surface area contributed by atoms with Gasteiger partial charge in [-0.05, 0) is 62.7 Å². The molecule has 33 heavy (non-hydrogen) atoms. The monoisotopic (exact) mass is 455 g/mol. The van der Waals surface area contributed by atoms with Crippen LogP contribution >= 0.6 is 0 Å². The number of likely N-dealkylation sites (tertiary alicyclic amines) is 1. The van der Waals surface area contributed by atoms with E-state index < -0.39 is 5.91 Å². The van der Waals surface area contributed by atoms with Gasteiger partial charge in [-0.2, -0.15) is 0 Å². The molecule has 176 valence electrons. The Bertz CT molecular complexity index is 987.